The number of carbonyl (C=O) groups excluding carboxylic acids is 1. The van der Waals surface area contributed by atoms with E-state index in [1.165, 1.54) is 19.6 Å². The maximum atomic E-state index is 12.3. The highest BCUT2D eigenvalue weighted by molar-refractivity contribution is 5.73. The molecule has 3 saturated carbocycles. The van der Waals surface area contributed by atoms with E-state index in [2.05, 4.69) is 46.9 Å². The van der Waals surface area contributed by atoms with Crippen LogP contribution < -0.4 is 5.32 Å². The van der Waals surface area contributed by atoms with Gasteiger partial charge in [0.2, 0.25) is 5.91 Å². The van der Waals surface area contributed by atoms with E-state index in [1.54, 1.807) is 0 Å². The summed E-state index contributed by atoms with van der Waals surface area (Å²) in [7, 11) is 1.44. The Hall–Kier alpha value is -1.11. The van der Waals surface area contributed by atoms with Crippen molar-refractivity contribution < 1.29 is 44.5 Å². The second-order valence-electron chi connectivity index (χ2n) is 16.9. The SMILES string of the molecule is CC[C@H](CC[C@@H](C)[C@H]1[C@H](O[C@@H]2OC(CO)[C@H](OC)C(O)[C@@H]2NC(C)=O)CC2=C3[C@@H](O)[C@@H](O)[C@H]4C[C@@H](O)CC[C@]4(C)[C@H]3CC[C@@]21C)C(C)C. The summed E-state index contributed by atoms with van der Waals surface area (Å²) in [4.78, 5) is 12.3. The number of hydrogen-bond donors (Lipinski definition) is 6. The van der Waals surface area contributed by atoms with Crippen LogP contribution in [0, 0.1) is 46.3 Å². The summed E-state index contributed by atoms with van der Waals surface area (Å²) in [6, 6.07) is -0.909. The predicted molar refractivity (Wildman–Crippen MR) is 181 cm³/mol. The van der Waals surface area contributed by atoms with Crippen molar-refractivity contribution in [1.82, 2.24) is 5.32 Å². The number of hydrogen-bond acceptors (Lipinski definition) is 9. The lowest BCUT2D eigenvalue weighted by Gasteiger charge is -2.59. The zero-order valence-electron chi connectivity index (χ0n) is 30.6. The molecule has 1 aliphatic heterocycles. The number of rotatable bonds is 11. The molecule has 10 nitrogen and oxygen atoms in total. The van der Waals surface area contributed by atoms with Crippen molar-refractivity contribution in [2.75, 3.05) is 13.7 Å². The Kier molecular flexibility index (Phi) is 11.8. The van der Waals surface area contributed by atoms with Gasteiger partial charge in [-0.25, -0.2) is 0 Å². The van der Waals surface area contributed by atoms with Gasteiger partial charge >= 0.3 is 0 Å². The van der Waals surface area contributed by atoms with Crippen molar-refractivity contribution in [1.29, 1.82) is 0 Å². The van der Waals surface area contributed by atoms with Gasteiger partial charge in [-0.3, -0.25) is 4.79 Å². The molecule has 48 heavy (non-hydrogen) atoms. The molecule has 0 spiro atoms. The second kappa shape index (κ2) is 14.9. The van der Waals surface area contributed by atoms with Gasteiger partial charge in [0.1, 0.15) is 30.5 Å². The van der Waals surface area contributed by atoms with Gasteiger partial charge in [0, 0.05) is 14.0 Å². The van der Waals surface area contributed by atoms with Crippen LogP contribution in [0.4, 0.5) is 0 Å². The minimum atomic E-state index is -1.17. The monoisotopic (exact) mass is 679 g/mol. The molecule has 0 radical (unpaired) electrons. The Morgan fingerprint density at radius 3 is 2.38 bits per heavy atom. The van der Waals surface area contributed by atoms with Crippen molar-refractivity contribution in [3.05, 3.63) is 11.1 Å². The molecule has 5 aliphatic rings. The van der Waals surface area contributed by atoms with Crippen molar-refractivity contribution in [2.45, 2.75) is 161 Å². The molecule has 0 bridgehead atoms. The van der Waals surface area contributed by atoms with E-state index in [0.29, 0.717) is 31.1 Å². The third kappa shape index (κ3) is 6.67. The Labute approximate surface area is 288 Å². The van der Waals surface area contributed by atoms with E-state index in [1.807, 2.05) is 0 Å². The van der Waals surface area contributed by atoms with E-state index in [-0.39, 0.29) is 53.1 Å². The number of aliphatic hydroxyl groups excluding tert-OH is 5. The zero-order valence-corrected chi connectivity index (χ0v) is 30.6. The lowest BCUT2D eigenvalue weighted by Crippen LogP contribution is -2.65. The lowest BCUT2D eigenvalue weighted by molar-refractivity contribution is -0.290. The van der Waals surface area contributed by atoms with E-state index < -0.39 is 49.0 Å². The summed E-state index contributed by atoms with van der Waals surface area (Å²) in [6.07, 6.45) is 0.985. The van der Waals surface area contributed by atoms with E-state index in [9.17, 15) is 30.3 Å². The first kappa shape index (κ1) is 38.1. The number of ether oxygens (including phenoxy) is 3. The molecule has 276 valence electrons. The summed E-state index contributed by atoms with van der Waals surface area (Å²) in [5.74, 6) is 1.12. The molecule has 1 amide bonds. The summed E-state index contributed by atoms with van der Waals surface area (Å²) < 4.78 is 18.7. The molecule has 1 heterocycles. The summed E-state index contributed by atoms with van der Waals surface area (Å²) >= 11 is 0. The van der Waals surface area contributed by atoms with Gasteiger partial charge in [-0.15, -0.1) is 0 Å². The molecule has 4 aliphatic carbocycles. The Balaban J connectivity index is 1.55. The molecular weight excluding hydrogens is 614 g/mol. The van der Waals surface area contributed by atoms with Crippen LogP contribution in [0.3, 0.4) is 0 Å². The molecule has 6 N–H and O–H groups in total. The van der Waals surface area contributed by atoms with Crippen LogP contribution in [0.25, 0.3) is 0 Å². The zero-order chi connectivity index (χ0) is 35.3. The molecule has 4 fully saturated rings. The van der Waals surface area contributed by atoms with Gasteiger partial charge < -0.3 is 45.1 Å². The molecule has 0 aromatic rings. The number of aliphatic hydroxyl groups is 5. The van der Waals surface area contributed by atoms with Crippen LogP contribution in [-0.4, -0.2) is 100 Å². The van der Waals surface area contributed by atoms with Crippen LogP contribution in [0.2, 0.25) is 0 Å². The lowest BCUT2D eigenvalue weighted by atomic mass is 9.47. The standard InChI is InChI=1S/C38H65NO9/c1-9-22(19(2)3)11-10-20(4)30-27(47-36-31(39-21(5)41)34(45)35(46-8)28(18-40)48-36)17-25-29-24(13-15-38(25,30)7)37(6)14-12-23(42)16-26(37)32(43)33(29)44/h19-20,22-24,26-28,30-36,40,42-45H,9-18H2,1-8H3,(H,39,41)/t20-,22-,23+,24+,26-,27-,28?,30+,31+,32+,33-,34?,35+,36-,37-,38+/m1/s1. The van der Waals surface area contributed by atoms with Gasteiger partial charge in [-0.1, -0.05) is 60.0 Å². The van der Waals surface area contributed by atoms with E-state index >= 15 is 0 Å². The first-order chi connectivity index (χ1) is 22.6. The largest absolute Gasteiger partial charge is 0.394 e. The molecule has 1 saturated heterocycles. The minimum Gasteiger partial charge on any atom is -0.394 e. The van der Waals surface area contributed by atoms with Crippen LogP contribution in [0.5, 0.6) is 0 Å². The number of carbonyl (C=O) groups is 1. The van der Waals surface area contributed by atoms with Crippen LogP contribution in [0.1, 0.15) is 106 Å². The molecule has 10 heteroatoms. The second-order valence-corrected chi connectivity index (χ2v) is 16.9. The molecule has 5 rings (SSSR count). The van der Waals surface area contributed by atoms with Crippen molar-refractivity contribution in [2.24, 2.45) is 46.3 Å². The minimum absolute atomic E-state index is 0.0557. The maximum absolute atomic E-state index is 12.3. The van der Waals surface area contributed by atoms with Crippen LogP contribution in [-0.2, 0) is 19.0 Å². The molecule has 0 aromatic carbocycles. The first-order valence-corrected chi connectivity index (χ1v) is 18.8. The fourth-order valence-electron chi connectivity index (χ4n) is 11.4. The molecule has 2 unspecified atom stereocenters. The summed E-state index contributed by atoms with van der Waals surface area (Å²) in [5, 5.41) is 58.4. The number of nitrogens with one attached hydrogen (secondary N) is 1. The highest BCUT2D eigenvalue weighted by Crippen LogP contribution is 2.66. The molecular formula is C38H65NO9. The van der Waals surface area contributed by atoms with Crippen LogP contribution in [0.15, 0.2) is 11.1 Å². The third-order valence-electron chi connectivity index (χ3n) is 14.0. The number of methoxy groups -OCH3 is 1. The van der Waals surface area contributed by atoms with Gasteiger partial charge in [0.25, 0.3) is 0 Å². The molecule has 0 aromatic heterocycles. The first-order valence-electron chi connectivity index (χ1n) is 18.8. The fraction of sp³-hybridized carbons (Fsp3) is 0.921. The average Bonchev–Trinajstić information content (AvgIpc) is 3.33. The Bertz CT molecular complexity index is 1160. The van der Waals surface area contributed by atoms with Crippen molar-refractivity contribution >= 4 is 5.91 Å². The fourth-order valence-corrected chi connectivity index (χ4v) is 11.4. The van der Waals surface area contributed by atoms with Gasteiger partial charge in [-0.05, 0) is 96.9 Å². The van der Waals surface area contributed by atoms with Gasteiger partial charge in [0.05, 0.1) is 24.9 Å². The topological polar surface area (TPSA) is 158 Å². The van der Waals surface area contributed by atoms with Gasteiger partial charge in [0.15, 0.2) is 6.29 Å². The predicted octanol–water partition coefficient (Wildman–Crippen LogP) is 3.70. The van der Waals surface area contributed by atoms with Crippen molar-refractivity contribution in [3.63, 3.8) is 0 Å². The summed E-state index contributed by atoms with van der Waals surface area (Å²) in [5.41, 5.74) is 1.63. The average molecular weight is 680 g/mol. The van der Waals surface area contributed by atoms with E-state index in [4.69, 9.17) is 14.2 Å². The van der Waals surface area contributed by atoms with Crippen molar-refractivity contribution in [3.8, 4) is 0 Å². The maximum Gasteiger partial charge on any atom is 0.217 e. The summed E-state index contributed by atoms with van der Waals surface area (Å²) in [6.45, 7) is 14.7. The van der Waals surface area contributed by atoms with E-state index in [0.717, 1.165) is 44.1 Å². The quantitative estimate of drug-likeness (QED) is 0.179. The number of fused-ring (bicyclic) bond motifs is 4. The Morgan fingerprint density at radius 2 is 1.77 bits per heavy atom. The normalized spacial score (nSPS) is 45.7. The highest BCUT2D eigenvalue weighted by Gasteiger charge is 2.63. The Morgan fingerprint density at radius 1 is 1.06 bits per heavy atom. The number of amides is 1. The molecule has 16 atom stereocenters. The highest BCUT2D eigenvalue weighted by atomic mass is 16.7. The smallest absolute Gasteiger partial charge is 0.217 e. The van der Waals surface area contributed by atoms with Gasteiger partial charge in [-0.2, -0.15) is 0 Å². The van der Waals surface area contributed by atoms with Crippen LogP contribution >= 0.6 is 0 Å². The third-order valence-corrected chi connectivity index (χ3v) is 14.0.